The summed E-state index contributed by atoms with van der Waals surface area (Å²) in [6, 6.07) is 13.7. The minimum Gasteiger partial charge on any atom is -0.484 e. The normalized spacial score (nSPS) is 10.6. The quantitative estimate of drug-likeness (QED) is 0.605. The summed E-state index contributed by atoms with van der Waals surface area (Å²) >= 11 is 1.71. The van der Waals surface area contributed by atoms with E-state index in [4.69, 9.17) is 9.15 Å². The molecule has 1 aromatic carbocycles. The van der Waals surface area contributed by atoms with Crippen LogP contribution < -0.4 is 4.74 Å². The van der Waals surface area contributed by atoms with E-state index in [-0.39, 0.29) is 12.5 Å². The molecule has 0 fully saturated rings. The predicted molar refractivity (Wildman–Crippen MR) is 98.8 cm³/mol. The standard InChI is InChI=1S/C20H21NO3S/c1-16-4-6-18(7-5-16)24-15-20(22)21(13-17-9-11-23-14-17)10-8-19-3-2-12-25-19/h2-7,9,11-12,14H,8,10,13,15H2,1H3. The summed E-state index contributed by atoms with van der Waals surface area (Å²) in [5, 5.41) is 2.05. The van der Waals surface area contributed by atoms with E-state index >= 15 is 0 Å². The maximum absolute atomic E-state index is 12.6. The van der Waals surface area contributed by atoms with Gasteiger partial charge in [0.1, 0.15) is 5.75 Å². The summed E-state index contributed by atoms with van der Waals surface area (Å²) in [5.74, 6) is 0.679. The van der Waals surface area contributed by atoms with Crippen LogP contribution >= 0.6 is 11.3 Å². The van der Waals surface area contributed by atoms with E-state index in [2.05, 4.69) is 11.4 Å². The van der Waals surface area contributed by atoms with Gasteiger partial charge in [0, 0.05) is 23.5 Å². The molecular formula is C20H21NO3S. The van der Waals surface area contributed by atoms with Gasteiger partial charge in [0.05, 0.1) is 12.5 Å². The maximum atomic E-state index is 12.6. The molecule has 2 aromatic heterocycles. The van der Waals surface area contributed by atoms with Crippen molar-refractivity contribution in [2.45, 2.75) is 19.9 Å². The number of aryl methyl sites for hydroxylation is 1. The average Bonchev–Trinajstić information content (AvgIpc) is 3.31. The van der Waals surface area contributed by atoms with Crippen molar-refractivity contribution < 1.29 is 13.9 Å². The van der Waals surface area contributed by atoms with E-state index in [1.807, 2.05) is 48.2 Å². The SMILES string of the molecule is Cc1ccc(OCC(=O)N(CCc2cccs2)Cc2ccoc2)cc1. The molecule has 0 unspecified atom stereocenters. The Hall–Kier alpha value is -2.53. The molecule has 3 aromatic rings. The first-order chi connectivity index (χ1) is 12.2. The van der Waals surface area contributed by atoms with E-state index in [1.54, 1.807) is 23.9 Å². The molecule has 0 atom stereocenters. The van der Waals surface area contributed by atoms with Crippen molar-refractivity contribution in [2.75, 3.05) is 13.2 Å². The molecular weight excluding hydrogens is 334 g/mol. The van der Waals surface area contributed by atoms with Crippen LogP contribution in [0.1, 0.15) is 16.0 Å². The first kappa shape index (κ1) is 17.3. The Morgan fingerprint density at radius 2 is 2.04 bits per heavy atom. The molecule has 0 N–H and O–H groups in total. The molecule has 5 heteroatoms. The second-order valence-corrected chi connectivity index (χ2v) is 6.91. The molecule has 25 heavy (non-hydrogen) atoms. The Morgan fingerprint density at radius 1 is 1.20 bits per heavy atom. The highest BCUT2D eigenvalue weighted by molar-refractivity contribution is 7.09. The third-order valence-corrected chi connectivity index (χ3v) is 4.83. The maximum Gasteiger partial charge on any atom is 0.260 e. The van der Waals surface area contributed by atoms with Gasteiger partial charge in [-0.3, -0.25) is 4.79 Å². The first-order valence-corrected chi connectivity index (χ1v) is 9.09. The van der Waals surface area contributed by atoms with E-state index < -0.39 is 0 Å². The zero-order valence-electron chi connectivity index (χ0n) is 14.2. The summed E-state index contributed by atoms with van der Waals surface area (Å²) in [6.45, 7) is 3.23. The van der Waals surface area contributed by atoms with Gasteiger partial charge < -0.3 is 14.1 Å². The Kier molecular flexibility index (Phi) is 5.90. The van der Waals surface area contributed by atoms with Gasteiger partial charge in [-0.2, -0.15) is 0 Å². The van der Waals surface area contributed by atoms with Gasteiger partial charge in [-0.1, -0.05) is 23.8 Å². The first-order valence-electron chi connectivity index (χ1n) is 8.21. The van der Waals surface area contributed by atoms with E-state index in [0.717, 1.165) is 17.5 Å². The molecule has 3 rings (SSSR count). The summed E-state index contributed by atoms with van der Waals surface area (Å²) in [6.07, 6.45) is 4.14. The molecule has 2 heterocycles. The molecule has 0 radical (unpaired) electrons. The van der Waals surface area contributed by atoms with Gasteiger partial charge in [-0.05, 0) is 43.0 Å². The van der Waals surface area contributed by atoms with E-state index in [9.17, 15) is 4.79 Å². The molecule has 0 spiro atoms. The highest BCUT2D eigenvalue weighted by Gasteiger charge is 2.16. The van der Waals surface area contributed by atoms with Gasteiger partial charge in [-0.25, -0.2) is 0 Å². The lowest BCUT2D eigenvalue weighted by Gasteiger charge is -2.22. The lowest BCUT2D eigenvalue weighted by Crippen LogP contribution is -2.35. The van der Waals surface area contributed by atoms with E-state index in [0.29, 0.717) is 18.8 Å². The Morgan fingerprint density at radius 3 is 2.72 bits per heavy atom. The predicted octanol–water partition coefficient (Wildman–Crippen LogP) is 4.30. The summed E-state index contributed by atoms with van der Waals surface area (Å²) in [4.78, 5) is 15.7. The number of furan rings is 1. The molecule has 4 nitrogen and oxygen atoms in total. The second-order valence-electron chi connectivity index (χ2n) is 5.88. The fraction of sp³-hybridized carbons (Fsp3) is 0.250. The summed E-state index contributed by atoms with van der Waals surface area (Å²) < 4.78 is 10.8. The minimum atomic E-state index is -0.0293. The van der Waals surface area contributed by atoms with Crippen LogP contribution in [0.2, 0.25) is 0 Å². The number of carbonyl (C=O) groups is 1. The Balaban J connectivity index is 1.60. The van der Waals surface area contributed by atoms with Crippen molar-refractivity contribution in [1.29, 1.82) is 0 Å². The average molecular weight is 355 g/mol. The van der Waals surface area contributed by atoms with Gasteiger partial charge in [0.2, 0.25) is 0 Å². The van der Waals surface area contributed by atoms with Crippen molar-refractivity contribution in [3.8, 4) is 5.75 Å². The molecule has 0 bridgehead atoms. The van der Waals surface area contributed by atoms with Gasteiger partial charge in [-0.15, -0.1) is 11.3 Å². The molecule has 1 amide bonds. The molecule has 0 saturated heterocycles. The number of thiophene rings is 1. The number of rotatable bonds is 8. The topological polar surface area (TPSA) is 42.7 Å². The summed E-state index contributed by atoms with van der Waals surface area (Å²) in [5.41, 5.74) is 2.14. The van der Waals surface area contributed by atoms with Gasteiger partial charge >= 0.3 is 0 Å². The zero-order chi connectivity index (χ0) is 17.5. The van der Waals surface area contributed by atoms with Crippen molar-refractivity contribution in [1.82, 2.24) is 4.90 Å². The molecule has 0 aliphatic rings. The molecule has 0 aliphatic carbocycles. The number of nitrogens with zero attached hydrogens (tertiary/aromatic N) is 1. The van der Waals surface area contributed by atoms with Crippen LogP contribution in [-0.4, -0.2) is 24.0 Å². The summed E-state index contributed by atoms with van der Waals surface area (Å²) in [7, 11) is 0. The molecule has 0 saturated carbocycles. The lowest BCUT2D eigenvalue weighted by atomic mass is 10.2. The number of carbonyl (C=O) groups excluding carboxylic acids is 1. The highest BCUT2D eigenvalue weighted by Crippen LogP contribution is 2.14. The Bertz CT molecular complexity index is 764. The zero-order valence-corrected chi connectivity index (χ0v) is 15.0. The van der Waals surface area contributed by atoms with Crippen LogP contribution in [0.3, 0.4) is 0 Å². The van der Waals surface area contributed by atoms with Gasteiger partial charge in [0.15, 0.2) is 6.61 Å². The monoisotopic (exact) mass is 355 g/mol. The largest absolute Gasteiger partial charge is 0.484 e. The van der Waals surface area contributed by atoms with Crippen molar-refractivity contribution in [2.24, 2.45) is 0 Å². The van der Waals surface area contributed by atoms with Crippen LogP contribution in [0.5, 0.6) is 5.75 Å². The van der Waals surface area contributed by atoms with Crippen molar-refractivity contribution in [3.05, 3.63) is 76.4 Å². The van der Waals surface area contributed by atoms with Crippen LogP contribution in [0, 0.1) is 6.92 Å². The third kappa shape index (κ3) is 5.22. The smallest absolute Gasteiger partial charge is 0.260 e. The Labute approximate surface area is 151 Å². The minimum absolute atomic E-state index is 0.0293. The van der Waals surface area contributed by atoms with Crippen LogP contribution in [0.4, 0.5) is 0 Å². The lowest BCUT2D eigenvalue weighted by molar-refractivity contribution is -0.134. The van der Waals surface area contributed by atoms with Crippen LogP contribution in [-0.2, 0) is 17.8 Å². The number of hydrogen-bond donors (Lipinski definition) is 0. The van der Waals surface area contributed by atoms with Gasteiger partial charge in [0.25, 0.3) is 5.91 Å². The van der Waals surface area contributed by atoms with Crippen LogP contribution in [0.15, 0.2) is 64.8 Å². The molecule has 130 valence electrons. The van der Waals surface area contributed by atoms with Crippen molar-refractivity contribution in [3.63, 3.8) is 0 Å². The van der Waals surface area contributed by atoms with Crippen LogP contribution in [0.25, 0.3) is 0 Å². The third-order valence-electron chi connectivity index (χ3n) is 3.90. The number of hydrogen-bond acceptors (Lipinski definition) is 4. The number of benzene rings is 1. The fourth-order valence-electron chi connectivity index (χ4n) is 2.47. The van der Waals surface area contributed by atoms with E-state index in [1.165, 1.54) is 4.88 Å². The fourth-order valence-corrected chi connectivity index (χ4v) is 3.16. The van der Waals surface area contributed by atoms with Crippen molar-refractivity contribution >= 4 is 17.2 Å². The highest BCUT2D eigenvalue weighted by atomic mass is 32.1. The second kappa shape index (κ2) is 8.53. The molecule has 0 aliphatic heterocycles. The number of ether oxygens (including phenoxy) is 1. The number of amides is 1.